The Balaban J connectivity index is 2.62. The molecule has 1 aromatic heterocycles. The van der Waals surface area contributed by atoms with Crippen LogP contribution >= 0.6 is 11.6 Å². The Bertz CT molecular complexity index is 942. The van der Waals surface area contributed by atoms with Gasteiger partial charge in [-0.1, -0.05) is 30.7 Å². The summed E-state index contributed by atoms with van der Waals surface area (Å²) in [7, 11) is -4.57. The number of nitrogens with zero attached hydrogens (tertiary/aromatic N) is 3. The molecule has 0 saturated heterocycles. The van der Waals surface area contributed by atoms with Crippen LogP contribution in [0.2, 0.25) is 5.02 Å². The van der Waals surface area contributed by atoms with Gasteiger partial charge in [-0.3, -0.25) is 4.98 Å². The monoisotopic (exact) mass is 403 g/mol. The van der Waals surface area contributed by atoms with E-state index in [0.29, 0.717) is 4.31 Å². The smallest absolute Gasteiger partial charge is 0.262 e. The lowest BCUT2D eigenvalue weighted by molar-refractivity contribution is -0.173. The molecule has 1 heterocycles. The number of pyridine rings is 1. The van der Waals surface area contributed by atoms with Crippen molar-refractivity contribution in [3.63, 3.8) is 0 Å². The quantitative estimate of drug-likeness (QED) is 0.758. The molecular formula is C16H13ClF3N3O2S. The number of nitriles is 1. The summed E-state index contributed by atoms with van der Waals surface area (Å²) in [4.78, 5) is 3.13. The van der Waals surface area contributed by atoms with Gasteiger partial charge in [-0.2, -0.15) is 22.7 Å². The maximum Gasteiger partial charge on any atom is 0.409 e. The first kappa shape index (κ1) is 20.2. The third-order valence-electron chi connectivity index (χ3n) is 3.52. The maximum atomic E-state index is 13.7. The molecule has 138 valence electrons. The average molecular weight is 404 g/mol. The molecule has 2 rings (SSSR count). The van der Waals surface area contributed by atoms with Crippen molar-refractivity contribution in [3.05, 3.63) is 58.9 Å². The van der Waals surface area contributed by atoms with Crippen LogP contribution in [0.25, 0.3) is 0 Å². The number of aromatic nitrogens is 1. The molecular weight excluding hydrogens is 391 g/mol. The average Bonchev–Trinajstić information content (AvgIpc) is 2.58. The maximum absolute atomic E-state index is 13.7. The predicted octanol–water partition coefficient (Wildman–Crippen LogP) is 3.92. The summed E-state index contributed by atoms with van der Waals surface area (Å²) in [6.07, 6.45) is -2.86. The van der Waals surface area contributed by atoms with Crippen LogP contribution in [-0.2, 0) is 10.0 Å². The third-order valence-corrected chi connectivity index (χ3v) is 5.66. The van der Waals surface area contributed by atoms with Crippen molar-refractivity contribution < 1.29 is 21.6 Å². The van der Waals surface area contributed by atoms with Crippen molar-refractivity contribution in [2.75, 3.05) is 6.54 Å². The normalized spacial score (nSPS) is 13.4. The van der Waals surface area contributed by atoms with E-state index in [1.165, 1.54) is 19.1 Å². The summed E-state index contributed by atoms with van der Waals surface area (Å²) in [6, 6.07) is 5.20. The van der Waals surface area contributed by atoms with E-state index in [2.05, 4.69) is 4.98 Å². The fraction of sp³-hybridized carbons (Fsp3) is 0.250. The van der Waals surface area contributed by atoms with E-state index in [-0.39, 0.29) is 16.1 Å². The van der Waals surface area contributed by atoms with Crippen LogP contribution < -0.4 is 0 Å². The first-order valence-electron chi connectivity index (χ1n) is 7.30. The van der Waals surface area contributed by atoms with Gasteiger partial charge in [0.15, 0.2) is 0 Å². The highest BCUT2D eigenvalue weighted by Crippen LogP contribution is 2.41. The predicted molar refractivity (Wildman–Crippen MR) is 88.8 cm³/mol. The fourth-order valence-corrected chi connectivity index (χ4v) is 4.24. The molecule has 5 nitrogen and oxygen atoms in total. The Morgan fingerprint density at radius 1 is 1.31 bits per heavy atom. The van der Waals surface area contributed by atoms with E-state index in [1.54, 1.807) is 6.07 Å². The second kappa shape index (κ2) is 7.61. The lowest BCUT2D eigenvalue weighted by Crippen LogP contribution is -2.42. The van der Waals surface area contributed by atoms with Crippen molar-refractivity contribution in [2.45, 2.75) is 24.0 Å². The lowest BCUT2D eigenvalue weighted by Gasteiger charge is -2.31. The molecule has 0 aliphatic heterocycles. The summed E-state index contributed by atoms with van der Waals surface area (Å²) in [5.41, 5.74) is -0.381. The molecule has 1 aromatic carbocycles. The second-order valence-corrected chi connectivity index (χ2v) is 7.56. The summed E-state index contributed by atoms with van der Waals surface area (Å²) in [5, 5.41) is 8.93. The minimum absolute atomic E-state index is 0.0540. The molecule has 0 N–H and O–H groups in total. The van der Waals surface area contributed by atoms with Crippen LogP contribution in [0, 0.1) is 11.3 Å². The number of sulfonamides is 1. The standard InChI is InChI=1S/C16H13ClF3N3O2S/c1-2-23(26(24,25)14-6-11(8-21)9-22-10-14)15(16(18,19)20)12-4-3-5-13(17)7-12/h3-7,9-10,15H,2H2,1H3/t15-/m0/s1. The van der Waals surface area contributed by atoms with Gasteiger partial charge in [0.05, 0.1) is 5.56 Å². The minimum Gasteiger partial charge on any atom is -0.262 e. The molecule has 0 spiro atoms. The van der Waals surface area contributed by atoms with Gasteiger partial charge in [0.25, 0.3) is 0 Å². The molecule has 0 radical (unpaired) electrons. The van der Waals surface area contributed by atoms with E-state index in [1.807, 2.05) is 0 Å². The first-order chi connectivity index (χ1) is 12.1. The number of hydrogen-bond acceptors (Lipinski definition) is 4. The minimum atomic E-state index is -4.88. The van der Waals surface area contributed by atoms with Crippen LogP contribution in [-0.4, -0.2) is 30.4 Å². The van der Waals surface area contributed by atoms with Gasteiger partial charge in [0, 0.05) is 24.0 Å². The molecule has 0 unspecified atom stereocenters. The SMILES string of the molecule is CCN([C@@H](c1cccc(Cl)c1)C(F)(F)F)S(=O)(=O)c1cncc(C#N)c1. The highest BCUT2D eigenvalue weighted by atomic mass is 35.5. The molecule has 0 fully saturated rings. The van der Waals surface area contributed by atoms with Crippen molar-refractivity contribution in [2.24, 2.45) is 0 Å². The number of halogens is 4. The molecule has 26 heavy (non-hydrogen) atoms. The molecule has 2 aromatic rings. The molecule has 0 saturated carbocycles. The Labute approximate surface area is 153 Å². The Kier molecular flexibility index (Phi) is 5.91. The van der Waals surface area contributed by atoms with E-state index >= 15 is 0 Å². The van der Waals surface area contributed by atoms with Gasteiger partial charge in [0.2, 0.25) is 10.0 Å². The van der Waals surface area contributed by atoms with E-state index in [9.17, 15) is 21.6 Å². The zero-order valence-corrected chi connectivity index (χ0v) is 15.0. The van der Waals surface area contributed by atoms with Crippen molar-refractivity contribution in [1.29, 1.82) is 5.26 Å². The lowest BCUT2D eigenvalue weighted by atomic mass is 10.1. The Hall–Kier alpha value is -2.15. The summed E-state index contributed by atoms with van der Waals surface area (Å²) in [6.45, 7) is 0.845. The summed E-state index contributed by atoms with van der Waals surface area (Å²) >= 11 is 5.78. The number of benzene rings is 1. The number of rotatable bonds is 5. The third kappa shape index (κ3) is 4.15. The highest BCUT2D eigenvalue weighted by Gasteiger charge is 2.48. The Morgan fingerprint density at radius 2 is 2.00 bits per heavy atom. The van der Waals surface area contributed by atoms with Crippen molar-refractivity contribution in [3.8, 4) is 6.07 Å². The van der Waals surface area contributed by atoms with Gasteiger partial charge in [-0.25, -0.2) is 8.42 Å². The number of hydrogen-bond donors (Lipinski definition) is 0. The van der Waals surface area contributed by atoms with Crippen molar-refractivity contribution >= 4 is 21.6 Å². The van der Waals surface area contributed by atoms with Gasteiger partial charge >= 0.3 is 6.18 Å². The molecule has 0 amide bonds. The van der Waals surface area contributed by atoms with Crippen LogP contribution in [0.4, 0.5) is 13.2 Å². The first-order valence-corrected chi connectivity index (χ1v) is 9.12. The van der Waals surface area contributed by atoms with Crippen LogP contribution in [0.3, 0.4) is 0 Å². The van der Waals surface area contributed by atoms with E-state index < -0.39 is 33.7 Å². The van der Waals surface area contributed by atoms with E-state index in [0.717, 1.165) is 30.6 Å². The second-order valence-electron chi connectivity index (χ2n) is 5.23. The molecule has 0 aliphatic rings. The summed E-state index contributed by atoms with van der Waals surface area (Å²) < 4.78 is 67.2. The molecule has 0 aliphatic carbocycles. The number of alkyl halides is 3. The molecule has 1 atom stereocenters. The van der Waals surface area contributed by atoms with Gasteiger partial charge in [-0.15, -0.1) is 0 Å². The van der Waals surface area contributed by atoms with Gasteiger partial charge < -0.3 is 0 Å². The van der Waals surface area contributed by atoms with Gasteiger partial charge in [-0.05, 0) is 23.8 Å². The van der Waals surface area contributed by atoms with Crippen molar-refractivity contribution in [1.82, 2.24) is 9.29 Å². The van der Waals surface area contributed by atoms with Crippen LogP contribution in [0.5, 0.6) is 0 Å². The van der Waals surface area contributed by atoms with E-state index in [4.69, 9.17) is 16.9 Å². The molecule has 0 bridgehead atoms. The zero-order valence-electron chi connectivity index (χ0n) is 13.4. The topological polar surface area (TPSA) is 74.1 Å². The fourth-order valence-electron chi connectivity index (χ4n) is 2.44. The van der Waals surface area contributed by atoms with Gasteiger partial charge in [0.1, 0.15) is 17.0 Å². The molecule has 10 heteroatoms. The van der Waals surface area contributed by atoms with Crippen LogP contribution in [0.1, 0.15) is 24.1 Å². The largest absolute Gasteiger partial charge is 0.409 e. The Morgan fingerprint density at radius 3 is 2.54 bits per heavy atom. The zero-order chi connectivity index (χ0) is 19.5. The van der Waals surface area contributed by atoms with Crippen LogP contribution in [0.15, 0.2) is 47.6 Å². The summed E-state index contributed by atoms with van der Waals surface area (Å²) in [5.74, 6) is 0. The highest BCUT2D eigenvalue weighted by molar-refractivity contribution is 7.89.